The Bertz CT molecular complexity index is 802. The molecule has 2 rings (SSSR count). The number of aliphatic hydroxyl groups is 1. The monoisotopic (exact) mass is 368 g/mol. The summed E-state index contributed by atoms with van der Waals surface area (Å²) in [6.45, 7) is 0.799. The highest BCUT2D eigenvalue weighted by Crippen LogP contribution is 2.11. The van der Waals surface area contributed by atoms with Gasteiger partial charge in [-0.2, -0.15) is 0 Å². The first kappa shape index (κ1) is 19.0. The standard InChI is InChI=1S/C15H20N4O5S/c20-9-3-1-2-8-19-11-13(17-18-19)10-16-25(23,24)14-6-4-12(5-7-14)15(21)22/h4-7,11,16,20H,1-3,8-10H2,(H,21,22). The lowest BCUT2D eigenvalue weighted by Crippen LogP contribution is -2.23. The van der Waals surface area contributed by atoms with Gasteiger partial charge in [0.05, 0.1) is 22.7 Å². The number of carbonyl (C=O) groups is 1. The lowest BCUT2D eigenvalue weighted by Gasteiger charge is -2.05. The Morgan fingerprint density at radius 2 is 1.88 bits per heavy atom. The van der Waals surface area contributed by atoms with Gasteiger partial charge in [-0.15, -0.1) is 5.10 Å². The lowest BCUT2D eigenvalue weighted by atomic mass is 10.2. The second-order valence-electron chi connectivity index (χ2n) is 5.41. The molecule has 0 aliphatic rings. The Labute approximate surface area is 145 Å². The summed E-state index contributed by atoms with van der Waals surface area (Å²) in [6.07, 6.45) is 4.13. The minimum absolute atomic E-state index is 0.0142. The molecule has 136 valence electrons. The molecule has 0 spiro atoms. The van der Waals surface area contributed by atoms with Gasteiger partial charge in [0.1, 0.15) is 0 Å². The van der Waals surface area contributed by atoms with E-state index < -0.39 is 16.0 Å². The van der Waals surface area contributed by atoms with E-state index in [-0.39, 0.29) is 23.6 Å². The second kappa shape index (κ2) is 8.70. The second-order valence-corrected chi connectivity index (χ2v) is 7.18. The summed E-state index contributed by atoms with van der Waals surface area (Å²) in [7, 11) is -3.76. The summed E-state index contributed by atoms with van der Waals surface area (Å²) in [5.41, 5.74) is 0.496. The number of nitrogens with zero attached hydrogens (tertiary/aromatic N) is 3. The van der Waals surface area contributed by atoms with E-state index in [1.165, 1.54) is 24.3 Å². The molecule has 25 heavy (non-hydrogen) atoms. The highest BCUT2D eigenvalue weighted by molar-refractivity contribution is 7.89. The van der Waals surface area contributed by atoms with Gasteiger partial charge < -0.3 is 10.2 Å². The van der Waals surface area contributed by atoms with Crippen molar-refractivity contribution >= 4 is 16.0 Å². The van der Waals surface area contributed by atoms with Crippen LogP contribution >= 0.6 is 0 Å². The molecule has 0 aliphatic carbocycles. The van der Waals surface area contributed by atoms with E-state index >= 15 is 0 Å². The van der Waals surface area contributed by atoms with Crippen molar-refractivity contribution in [3.8, 4) is 0 Å². The number of hydrogen-bond donors (Lipinski definition) is 3. The molecule has 0 saturated heterocycles. The maximum absolute atomic E-state index is 12.2. The topological polar surface area (TPSA) is 134 Å². The van der Waals surface area contributed by atoms with Crippen molar-refractivity contribution < 1.29 is 23.4 Å². The first-order valence-corrected chi connectivity index (χ1v) is 9.23. The Balaban J connectivity index is 1.91. The van der Waals surface area contributed by atoms with E-state index in [1.807, 2.05) is 0 Å². The first-order valence-electron chi connectivity index (χ1n) is 7.75. The van der Waals surface area contributed by atoms with Crippen LogP contribution in [0.1, 0.15) is 35.3 Å². The minimum atomic E-state index is -3.76. The average molecular weight is 368 g/mol. The molecule has 0 unspecified atom stereocenters. The number of aromatic carboxylic acids is 1. The number of hydrogen-bond acceptors (Lipinski definition) is 6. The fourth-order valence-corrected chi connectivity index (χ4v) is 3.12. The van der Waals surface area contributed by atoms with Crippen molar-refractivity contribution in [2.45, 2.75) is 37.2 Å². The lowest BCUT2D eigenvalue weighted by molar-refractivity contribution is 0.0696. The maximum atomic E-state index is 12.2. The molecule has 0 radical (unpaired) electrons. The van der Waals surface area contributed by atoms with Crippen LogP contribution in [0.2, 0.25) is 0 Å². The van der Waals surface area contributed by atoms with Gasteiger partial charge in [-0.3, -0.25) is 4.68 Å². The van der Waals surface area contributed by atoms with E-state index in [0.29, 0.717) is 12.2 Å². The molecule has 1 aromatic heterocycles. The molecule has 0 atom stereocenters. The molecule has 2 aromatic rings. The van der Waals surface area contributed by atoms with Crippen molar-refractivity contribution in [3.05, 3.63) is 41.7 Å². The van der Waals surface area contributed by atoms with Crippen LogP contribution in [0, 0.1) is 0 Å². The van der Waals surface area contributed by atoms with Crippen molar-refractivity contribution in [1.82, 2.24) is 19.7 Å². The first-order chi connectivity index (χ1) is 11.9. The van der Waals surface area contributed by atoms with Crippen LogP contribution in [-0.4, -0.2) is 46.2 Å². The molecule has 0 aliphatic heterocycles. The van der Waals surface area contributed by atoms with Gasteiger partial charge in [0.15, 0.2) is 0 Å². The number of carboxylic acid groups (broad SMARTS) is 1. The summed E-state index contributed by atoms with van der Waals surface area (Å²) >= 11 is 0. The van der Waals surface area contributed by atoms with E-state index in [2.05, 4.69) is 15.0 Å². The van der Waals surface area contributed by atoms with Crippen LogP contribution in [-0.2, 0) is 23.1 Å². The Kier molecular flexibility index (Phi) is 6.62. The van der Waals surface area contributed by atoms with Crippen LogP contribution in [0.15, 0.2) is 35.4 Å². The van der Waals surface area contributed by atoms with Gasteiger partial charge >= 0.3 is 5.97 Å². The fraction of sp³-hybridized carbons (Fsp3) is 0.400. The zero-order valence-electron chi connectivity index (χ0n) is 13.5. The summed E-state index contributed by atoms with van der Waals surface area (Å²) < 4.78 is 28.4. The highest BCUT2D eigenvalue weighted by Gasteiger charge is 2.15. The Morgan fingerprint density at radius 1 is 1.16 bits per heavy atom. The number of aliphatic hydroxyl groups excluding tert-OH is 1. The van der Waals surface area contributed by atoms with E-state index in [9.17, 15) is 13.2 Å². The summed E-state index contributed by atoms with van der Waals surface area (Å²) in [4.78, 5) is 10.8. The van der Waals surface area contributed by atoms with Crippen molar-refractivity contribution in [3.63, 3.8) is 0 Å². The third-order valence-electron chi connectivity index (χ3n) is 3.49. The maximum Gasteiger partial charge on any atom is 0.335 e. The predicted octanol–water partition coefficient (Wildman–Crippen LogP) is 0.617. The van der Waals surface area contributed by atoms with Crippen LogP contribution in [0.4, 0.5) is 0 Å². The molecule has 0 saturated carbocycles. The predicted molar refractivity (Wildman–Crippen MR) is 88.4 cm³/mol. The van der Waals surface area contributed by atoms with Crippen LogP contribution in [0.25, 0.3) is 0 Å². The molecular weight excluding hydrogens is 348 g/mol. The largest absolute Gasteiger partial charge is 0.478 e. The Hall–Kier alpha value is -2.30. The third-order valence-corrected chi connectivity index (χ3v) is 4.90. The van der Waals surface area contributed by atoms with E-state index in [1.54, 1.807) is 10.9 Å². The van der Waals surface area contributed by atoms with Crippen LogP contribution < -0.4 is 4.72 Å². The molecule has 0 amide bonds. The van der Waals surface area contributed by atoms with Crippen molar-refractivity contribution in [2.24, 2.45) is 0 Å². The molecule has 3 N–H and O–H groups in total. The normalized spacial score (nSPS) is 11.6. The fourth-order valence-electron chi connectivity index (χ4n) is 2.12. The van der Waals surface area contributed by atoms with Gasteiger partial charge in [-0.1, -0.05) is 5.21 Å². The molecule has 9 nitrogen and oxygen atoms in total. The number of aryl methyl sites for hydroxylation is 1. The molecule has 1 heterocycles. The zero-order valence-corrected chi connectivity index (χ0v) is 14.3. The number of sulfonamides is 1. The van der Waals surface area contributed by atoms with Crippen LogP contribution in [0.5, 0.6) is 0 Å². The summed E-state index contributed by atoms with van der Waals surface area (Å²) in [6, 6.07) is 4.95. The average Bonchev–Trinajstić information content (AvgIpc) is 3.05. The highest BCUT2D eigenvalue weighted by atomic mass is 32.2. The molecule has 0 bridgehead atoms. The molecular formula is C15H20N4O5S. The van der Waals surface area contributed by atoms with E-state index in [0.717, 1.165) is 19.3 Å². The van der Waals surface area contributed by atoms with Gasteiger partial charge in [0, 0.05) is 19.3 Å². The Morgan fingerprint density at radius 3 is 2.52 bits per heavy atom. The number of rotatable bonds is 10. The number of carboxylic acids is 1. The SMILES string of the molecule is O=C(O)c1ccc(S(=O)(=O)NCc2cn(CCCCCO)nn2)cc1. The van der Waals surface area contributed by atoms with Crippen LogP contribution in [0.3, 0.4) is 0 Å². The molecule has 0 fully saturated rings. The number of unbranched alkanes of at least 4 members (excludes halogenated alkanes) is 2. The van der Waals surface area contributed by atoms with Crippen molar-refractivity contribution in [1.29, 1.82) is 0 Å². The molecule has 1 aromatic carbocycles. The van der Waals surface area contributed by atoms with Gasteiger partial charge in [-0.05, 0) is 43.5 Å². The third kappa shape index (κ3) is 5.62. The quantitative estimate of drug-likeness (QED) is 0.523. The van der Waals surface area contributed by atoms with Gasteiger partial charge in [0.2, 0.25) is 10.0 Å². The van der Waals surface area contributed by atoms with Gasteiger partial charge in [-0.25, -0.2) is 17.9 Å². The summed E-state index contributed by atoms with van der Waals surface area (Å²) in [5, 5.41) is 25.4. The minimum Gasteiger partial charge on any atom is -0.478 e. The number of aromatic nitrogens is 3. The number of nitrogens with one attached hydrogen (secondary N) is 1. The smallest absolute Gasteiger partial charge is 0.335 e. The van der Waals surface area contributed by atoms with E-state index in [4.69, 9.17) is 10.2 Å². The summed E-state index contributed by atoms with van der Waals surface area (Å²) in [5.74, 6) is -1.12. The molecule has 10 heteroatoms. The zero-order chi connectivity index (χ0) is 18.3. The van der Waals surface area contributed by atoms with Crippen molar-refractivity contribution in [2.75, 3.05) is 6.61 Å². The van der Waals surface area contributed by atoms with Gasteiger partial charge in [0.25, 0.3) is 0 Å². The number of benzene rings is 1.